The standard InChI is InChI=1S/C20H28N2O/c1-14-17-10-6-5-9-16(17)13-18(14)15(2)21-19(23)22-20(3)11-7-4-8-12-20/h5-6,9-10,15H,4,7-8,11-13H2,1-3H3,(H2,21,22,23). The van der Waals surface area contributed by atoms with E-state index in [1.54, 1.807) is 0 Å². The molecule has 1 atom stereocenters. The second kappa shape index (κ2) is 6.38. The number of allylic oxidation sites excluding steroid dienone is 1. The smallest absolute Gasteiger partial charge is 0.315 e. The summed E-state index contributed by atoms with van der Waals surface area (Å²) in [7, 11) is 0. The van der Waals surface area contributed by atoms with Crippen LogP contribution in [0.1, 0.15) is 64.0 Å². The fourth-order valence-corrected chi connectivity index (χ4v) is 4.08. The summed E-state index contributed by atoms with van der Waals surface area (Å²) in [5.41, 5.74) is 5.31. The summed E-state index contributed by atoms with van der Waals surface area (Å²) in [4.78, 5) is 12.4. The molecule has 1 aromatic carbocycles. The normalized spacial score (nSPS) is 20.8. The van der Waals surface area contributed by atoms with Crippen LogP contribution in [0.15, 0.2) is 29.8 Å². The zero-order valence-electron chi connectivity index (χ0n) is 14.5. The minimum atomic E-state index is -0.0376. The molecular weight excluding hydrogens is 284 g/mol. The number of benzene rings is 1. The summed E-state index contributed by atoms with van der Waals surface area (Å²) in [6.45, 7) is 6.43. The number of hydrogen-bond donors (Lipinski definition) is 2. The molecule has 0 aliphatic heterocycles. The Morgan fingerprint density at radius 3 is 2.57 bits per heavy atom. The lowest BCUT2D eigenvalue weighted by atomic mass is 9.83. The summed E-state index contributed by atoms with van der Waals surface area (Å²) < 4.78 is 0. The van der Waals surface area contributed by atoms with Gasteiger partial charge in [0.25, 0.3) is 0 Å². The lowest BCUT2D eigenvalue weighted by molar-refractivity contribution is 0.209. The second-order valence-electron chi connectivity index (χ2n) is 7.43. The highest BCUT2D eigenvalue weighted by Crippen LogP contribution is 2.34. The Labute approximate surface area is 139 Å². The Kier molecular flexibility index (Phi) is 4.47. The van der Waals surface area contributed by atoms with Gasteiger partial charge in [-0.15, -0.1) is 0 Å². The van der Waals surface area contributed by atoms with Crippen molar-refractivity contribution in [2.24, 2.45) is 0 Å². The van der Waals surface area contributed by atoms with Crippen molar-refractivity contribution < 1.29 is 4.79 Å². The fraction of sp³-hybridized carbons (Fsp3) is 0.550. The molecule has 124 valence electrons. The van der Waals surface area contributed by atoms with Gasteiger partial charge in [-0.1, -0.05) is 43.5 Å². The molecule has 0 aromatic heterocycles. The number of amides is 2. The fourth-order valence-electron chi connectivity index (χ4n) is 4.08. The van der Waals surface area contributed by atoms with E-state index in [0.29, 0.717) is 0 Å². The van der Waals surface area contributed by atoms with Crippen LogP contribution in [0.3, 0.4) is 0 Å². The van der Waals surface area contributed by atoms with Gasteiger partial charge >= 0.3 is 6.03 Å². The van der Waals surface area contributed by atoms with Crippen molar-refractivity contribution in [2.45, 2.75) is 70.9 Å². The van der Waals surface area contributed by atoms with Crippen molar-refractivity contribution in [3.8, 4) is 0 Å². The van der Waals surface area contributed by atoms with E-state index in [1.165, 1.54) is 41.5 Å². The van der Waals surface area contributed by atoms with E-state index in [0.717, 1.165) is 19.3 Å². The van der Waals surface area contributed by atoms with Gasteiger partial charge < -0.3 is 10.6 Å². The number of carbonyl (C=O) groups excluding carboxylic acids is 1. The molecule has 1 unspecified atom stereocenters. The molecule has 1 fully saturated rings. The first-order chi connectivity index (χ1) is 11.0. The molecule has 0 spiro atoms. The first-order valence-electron chi connectivity index (χ1n) is 8.85. The molecule has 3 heteroatoms. The van der Waals surface area contributed by atoms with Crippen LogP contribution in [-0.4, -0.2) is 17.6 Å². The number of fused-ring (bicyclic) bond motifs is 1. The number of urea groups is 1. The average molecular weight is 312 g/mol. The number of nitrogens with one attached hydrogen (secondary N) is 2. The molecule has 0 bridgehead atoms. The van der Waals surface area contributed by atoms with Gasteiger partial charge in [0.2, 0.25) is 0 Å². The van der Waals surface area contributed by atoms with E-state index in [4.69, 9.17) is 0 Å². The molecule has 1 aromatic rings. The molecule has 1 saturated carbocycles. The third kappa shape index (κ3) is 3.44. The maximum Gasteiger partial charge on any atom is 0.315 e. The maximum absolute atomic E-state index is 12.4. The molecule has 3 rings (SSSR count). The highest BCUT2D eigenvalue weighted by molar-refractivity contribution is 5.79. The molecule has 0 heterocycles. The predicted octanol–water partition coefficient (Wildman–Crippen LogP) is 4.43. The Morgan fingerprint density at radius 2 is 1.87 bits per heavy atom. The van der Waals surface area contributed by atoms with Gasteiger partial charge in [-0.2, -0.15) is 0 Å². The Morgan fingerprint density at radius 1 is 1.17 bits per heavy atom. The predicted molar refractivity (Wildman–Crippen MR) is 95.4 cm³/mol. The van der Waals surface area contributed by atoms with Gasteiger partial charge in [-0.05, 0) is 62.3 Å². The lowest BCUT2D eigenvalue weighted by Gasteiger charge is -2.35. The Hall–Kier alpha value is -1.77. The van der Waals surface area contributed by atoms with Crippen LogP contribution < -0.4 is 10.6 Å². The van der Waals surface area contributed by atoms with E-state index in [2.05, 4.69) is 55.7 Å². The largest absolute Gasteiger partial charge is 0.333 e. The Bertz CT molecular complexity index is 626. The van der Waals surface area contributed by atoms with Crippen molar-refractivity contribution >= 4 is 11.6 Å². The zero-order chi connectivity index (χ0) is 16.4. The van der Waals surface area contributed by atoms with Crippen LogP contribution >= 0.6 is 0 Å². The monoisotopic (exact) mass is 312 g/mol. The molecule has 2 amide bonds. The first-order valence-corrected chi connectivity index (χ1v) is 8.85. The van der Waals surface area contributed by atoms with Crippen molar-refractivity contribution in [2.75, 3.05) is 0 Å². The van der Waals surface area contributed by atoms with Crippen molar-refractivity contribution in [3.05, 3.63) is 41.0 Å². The van der Waals surface area contributed by atoms with Gasteiger partial charge in [0.1, 0.15) is 0 Å². The number of rotatable bonds is 3. The van der Waals surface area contributed by atoms with E-state index in [-0.39, 0.29) is 17.6 Å². The SMILES string of the molecule is CC1=C(C(C)NC(=O)NC2(C)CCCCC2)Cc2ccccc21. The topological polar surface area (TPSA) is 41.1 Å². The molecule has 0 saturated heterocycles. The summed E-state index contributed by atoms with van der Waals surface area (Å²) in [5, 5.41) is 6.36. The van der Waals surface area contributed by atoms with Crippen molar-refractivity contribution in [1.29, 1.82) is 0 Å². The van der Waals surface area contributed by atoms with Gasteiger partial charge in [0, 0.05) is 11.6 Å². The average Bonchev–Trinajstić information content (AvgIpc) is 2.85. The van der Waals surface area contributed by atoms with Crippen LogP contribution in [0.25, 0.3) is 5.57 Å². The summed E-state index contributed by atoms with van der Waals surface area (Å²) in [6, 6.07) is 8.56. The van der Waals surface area contributed by atoms with Crippen LogP contribution in [0.2, 0.25) is 0 Å². The molecule has 2 aliphatic carbocycles. The molecule has 23 heavy (non-hydrogen) atoms. The minimum absolute atomic E-state index is 0.0295. The number of hydrogen-bond acceptors (Lipinski definition) is 1. The van der Waals surface area contributed by atoms with Crippen molar-refractivity contribution in [3.63, 3.8) is 0 Å². The van der Waals surface area contributed by atoms with Gasteiger partial charge in [-0.25, -0.2) is 4.79 Å². The summed E-state index contributed by atoms with van der Waals surface area (Å²) in [5.74, 6) is 0. The van der Waals surface area contributed by atoms with Crippen LogP contribution in [0, 0.1) is 0 Å². The highest BCUT2D eigenvalue weighted by Gasteiger charge is 2.29. The third-order valence-corrected chi connectivity index (χ3v) is 5.53. The van der Waals surface area contributed by atoms with E-state index in [9.17, 15) is 4.79 Å². The van der Waals surface area contributed by atoms with E-state index >= 15 is 0 Å². The van der Waals surface area contributed by atoms with Gasteiger partial charge in [-0.3, -0.25) is 0 Å². The van der Waals surface area contributed by atoms with Crippen LogP contribution in [0.5, 0.6) is 0 Å². The minimum Gasteiger partial charge on any atom is -0.333 e. The molecule has 2 aliphatic rings. The van der Waals surface area contributed by atoms with E-state index < -0.39 is 0 Å². The summed E-state index contributed by atoms with van der Waals surface area (Å²) >= 11 is 0. The molecular formula is C20H28N2O. The third-order valence-electron chi connectivity index (χ3n) is 5.53. The highest BCUT2D eigenvalue weighted by atomic mass is 16.2. The van der Waals surface area contributed by atoms with Crippen molar-refractivity contribution in [1.82, 2.24) is 10.6 Å². The maximum atomic E-state index is 12.4. The number of carbonyl (C=O) groups is 1. The molecule has 2 N–H and O–H groups in total. The lowest BCUT2D eigenvalue weighted by Crippen LogP contribution is -2.53. The molecule has 0 radical (unpaired) electrons. The molecule has 3 nitrogen and oxygen atoms in total. The van der Waals surface area contributed by atoms with Crippen LogP contribution in [-0.2, 0) is 6.42 Å². The van der Waals surface area contributed by atoms with Gasteiger partial charge in [0.15, 0.2) is 0 Å². The first kappa shape index (κ1) is 16.1. The zero-order valence-corrected chi connectivity index (χ0v) is 14.5. The Balaban J connectivity index is 1.62. The van der Waals surface area contributed by atoms with Crippen LogP contribution in [0.4, 0.5) is 4.79 Å². The van der Waals surface area contributed by atoms with E-state index in [1.807, 2.05) is 0 Å². The van der Waals surface area contributed by atoms with Gasteiger partial charge in [0.05, 0.1) is 0 Å². The second-order valence-corrected chi connectivity index (χ2v) is 7.43. The summed E-state index contributed by atoms with van der Waals surface area (Å²) in [6.07, 6.45) is 6.84. The quantitative estimate of drug-likeness (QED) is 0.852.